The highest BCUT2D eigenvalue weighted by molar-refractivity contribution is 7.92. The maximum absolute atomic E-state index is 12.9. The quantitative estimate of drug-likeness (QED) is 0.750. The van der Waals surface area contributed by atoms with Gasteiger partial charge < -0.3 is 0 Å². The van der Waals surface area contributed by atoms with E-state index in [1.807, 2.05) is 0 Å². The highest BCUT2D eigenvalue weighted by Gasteiger charge is 2.35. The molecule has 1 heterocycles. The van der Waals surface area contributed by atoms with E-state index in [2.05, 4.69) is 0 Å². The Kier molecular flexibility index (Phi) is 5.48. The SMILES string of the molecule is CCS(=O)(=O)N(C)c1cc(-n2c(=O)cc(C(F)(F)F)n(C)c2=O)ccc1Cl. The number of hydrogen-bond acceptors (Lipinski definition) is 4. The molecule has 0 aliphatic rings. The molecule has 0 atom stereocenters. The molecular weight excluding hydrogens is 411 g/mol. The summed E-state index contributed by atoms with van der Waals surface area (Å²) in [5.41, 5.74) is -3.98. The van der Waals surface area contributed by atoms with Gasteiger partial charge in [0.05, 0.1) is 22.2 Å². The average Bonchev–Trinajstić information content (AvgIpc) is 2.57. The summed E-state index contributed by atoms with van der Waals surface area (Å²) in [6.45, 7) is 1.42. The Hall–Kier alpha value is -2.27. The molecule has 0 spiro atoms. The lowest BCUT2D eigenvalue weighted by molar-refractivity contribution is -0.144. The maximum atomic E-state index is 12.9. The molecule has 12 heteroatoms. The number of benzene rings is 1. The second-order valence-corrected chi connectivity index (χ2v) is 8.24. The Morgan fingerprint density at radius 3 is 2.30 bits per heavy atom. The lowest BCUT2D eigenvalue weighted by Gasteiger charge is -2.21. The fraction of sp³-hybridized carbons (Fsp3) is 0.333. The van der Waals surface area contributed by atoms with Gasteiger partial charge in [0.1, 0.15) is 5.69 Å². The number of anilines is 1. The zero-order valence-electron chi connectivity index (χ0n) is 14.4. The Labute approximate surface area is 157 Å². The van der Waals surface area contributed by atoms with E-state index in [0.29, 0.717) is 15.2 Å². The van der Waals surface area contributed by atoms with E-state index >= 15 is 0 Å². The largest absolute Gasteiger partial charge is 0.431 e. The van der Waals surface area contributed by atoms with Gasteiger partial charge >= 0.3 is 11.9 Å². The standard InChI is InChI=1S/C15H15ClF3N3O4S/c1-4-27(25,26)21(3)11-7-9(5-6-10(11)16)22-13(23)8-12(15(17,18)19)20(2)14(22)24/h5-8H,4H2,1-3H3. The predicted octanol–water partition coefficient (Wildman–Crippen LogP) is 1.99. The van der Waals surface area contributed by atoms with E-state index in [9.17, 15) is 31.2 Å². The number of sulfonamides is 1. The van der Waals surface area contributed by atoms with Gasteiger partial charge in [-0.05, 0) is 25.1 Å². The molecule has 148 valence electrons. The molecule has 1 aromatic heterocycles. The van der Waals surface area contributed by atoms with Gasteiger partial charge in [0.2, 0.25) is 10.0 Å². The van der Waals surface area contributed by atoms with Crippen molar-refractivity contribution in [2.45, 2.75) is 13.1 Å². The summed E-state index contributed by atoms with van der Waals surface area (Å²) in [7, 11) is -1.58. The van der Waals surface area contributed by atoms with Gasteiger partial charge in [-0.1, -0.05) is 11.6 Å². The summed E-state index contributed by atoms with van der Waals surface area (Å²) in [4.78, 5) is 24.5. The second kappa shape index (κ2) is 7.04. The van der Waals surface area contributed by atoms with Crippen molar-refractivity contribution in [2.75, 3.05) is 17.1 Å². The van der Waals surface area contributed by atoms with E-state index in [1.165, 1.54) is 26.1 Å². The van der Waals surface area contributed by atoms with Gasteiger partial charge in [0, 0.05) is 20.2 Å². The van der Waals surface area contributed by atoms with Gasteiger partial charge in [-0.2, -0.15) is 13.2 Å². The van der Waals surface area contributed by atoms with Gasteiger partial charge in [-0.25, -0.2) is 17.8 Å². The first-order valence-electron chi connectivity index (χ1n) is 7.48. The third-order valence-electron chi connectivity index (χ3n) is 3.92. The first-order chi connectivity index (χ1) is 12.3. The van der Waals surface area contributed by atoms with Crippen LogP contribution in [0.1, 0.15) is 12.6 Å². The molecule has 7 nitrogen and oxygen atoms in total. The molecule has 0 aliphatic heterocycles. The summed E-state index contributed by atoms with van der Waals surface area (Å²) in [6.07, 6.45) is -4.88. The van der Waals surface area contributed by atoms with E-state index < -0.39 is 33.1 Å². The number of halogens is 4. The van der Waals surface area contributed by atoms with Gasteiger partial charge in [0.25, 0.3) is 5.56 Å². The Morgan fingerprint density at radius 1 is 1.19 bits per heavy atom. The first-order valence-corrected chi connectivity index (χ1v) is 9.46. The van der Waals surface area contributed by atoms with Crippen LogP contribution in [0, 0.1) is 0 Å². The summed E-state index contributed by atoms with van der Waals surface area (Å²) in [5, 5.41) is 0.0232. The zero-order valence-corrected chi connectivity index (χ0v) is 16.0. The predicted molar refractivity (Wildman–Crippen MR) is 95.2 cm³/mol. The smallest absolute Gasteiger partial charge is 0.292 e. The van der Waals surface area contributed by atoms with Crippen LogP contribution in [0.5, 0.6) is 0 Å². The molecule has 0 saturated carbocycles. The number of alkyl halides is 3. The van der Waals surface area contributed by atoms with Crippen LogP contribution in [0.15, 0.2) is 33.9 Å². The highest BCUT2D eigenvalue weighted by Crippen LogP contribution is 2.30. The van der Waals surface area contributed by atoms with Crippen LogP contribution in [0.25, 0.3) is 5.69 Å². The van der Waals surface area contributed by atoms with Crippen molar-refractivity contribution >= 4 is 27.3 Å². The highest BCUT2D eigenvalue weighted by atomic mass is 35.5. The van der Waals surface area contributed by atoms with Gasteiger partial charge in [-0.15, -0.1) is 0 Å². The molecule has 0 unspecified atom stereocenters. The molecule has 1 aromatic carbocycles. The second-order valence-electron chi connectivity index (χ2n) is 5.55. The molecule has 0 amide bonds. The van der Waals surface area contributed by atoms with Gasteiger partial charge in [-0.3, -0.25) is 13.7 Å². The topological polar surface area (TPSA) is 81.4 Å². The number of hydrogen-bond donors (Lipinski definition) is 0. The molecule has 27 heavy (non-hydrogen) atoms. The Bertz CT molecular complexity index is 1110. The minimum atomic E-state index is -4.88. The molecule has 2 aromatic rings. The number of rotatable bonds is 4. The van der Waals surface area contributed by atoms with Crippen LogP contribution in [0.2, 0.25) is 5.02 Å². The van der Waals surface area contributed by atoms with Crippen LogP contribution in [0.4, 0.5) is 18.9 Å². The minimum Gasteiger partial charge on any atom is -0.292 e. The Balaban J connectivity index is 2.75. The first kappa shape index (κ1) is 21.0. The van der Waals surface area contributed by atoms with Crippen LogP contribution < -0.4 is 15.6 Å². The lowest BCUT2D eigenvalue weighted by Crippen LogP contribution is -2.40. The van der Waals surface area contributed by atoms with Crippen molar-refractivity contribution < 1.29 is 21.6 Å². The molecular formula is C15H15ClF3N3O4S. The van der Waals surface area contributed by atoms with Crippen LogP contribution in [-0.4, -0.2) is 30.4 Å². The Morgan fingerprint density at radius 2 is 1.78 bits per heavy atom. The van der Waals surface area contributed by atoms with Crippen molar-refractivity contribution in [3.8, 4) is 5.69 Å². The molecule has 0 fully saturated rings. The van der Waals surface area contributed by atoms with Crippen molar-refractivity contribution in [1.82, 2.24) is 9.13 Å². The van der Waals surface area contributed by atoms with Crippen molar-refractivity contribution in [2.24, 2.45) is 7.05 Å². The number of nitrogens with zero attached hydrogens (tertiary/aromatic N) is 3. The molecule has 0 N–H and O–H groups in total. The molecule has 0 bridgehead atoms. The molecule has 0 saturated heterocycles. The van der Waals surface area contributed by atoms with E-state index in [0.717, 1.165) is 17.4 Å². The van der Waals surface area contributed by atoms with Gasteiger partial charge in [0.15, 0.2) is 0 Å². The maximum Gasteiger partial charge on any atom is 0.431 e. The van der Waals surface area contributed by atoms with E-state index in [-0.39, 0.29) is 22.2 Å². The minimum absolute atomic E-state index is 0.0232. The molecule has 0 radical (unpaired) electrons. The number of aromatic nitrogens is 2. The molecule has 0 aliphatic carbocycles. The molecule has 2 rings (SSSR count). The summed E-state index contributed by atoms with van der Waals surface area (Å²) in [5.74, 6) is -0.230. The normalized spacial score (nSPS) is 12.3. The third-order valence-corrected chi connectivity index (χ3v) is 6.00. The van der Waals surface area contributed by atoms with Crippen LogP contribution in [0.3, 0.4) is 0 Å². The summed E-state index contributed by atoms with van der Waals surface area (Å²) < 4.78 is 64.6. The summed E-state index contributed by atoms with van der Waals surface area (Å²) >= 11 is 6.01. The van der Waals surface area contributed by atoms with Crippen molar-refractivity contribution in [3.63, 3.8) is 0 Å². The van der Waals surface area contributed by atoms with Crippen LogP contribution >= 0.6 is 11.6 Å². The van der Waals surface area contributed by atoms with Crippen molar-refractivity contribution in [1.29, 1.82) is 0 Å². The van der Waals surface area contributed by atoms with E-state index in [4.69, 9.17) is 11.6 Å². The monoisotopic (exact) mass is 425 g/mol. The average molecular weight is 426 g/mol. The van der Waals surface area contributed by atoms with E-state index in [1.54, 1.807) is 0 Å². The lowest BCUT2D eigenvalue weighted by atomic mass is 10.2. The van der Waals surface area contributed by atoms with Crippen molar-refractivity contribution in [3.05, 3.63) is 55.8 Å². The zero-order chi connectivity index (χ0) is 20.7. The third kappa shape index (κ3) is 3.88. The van der Waals surface area contributed by atoms with Crippen LogP contribution in [-0.2, 0) is 23.2 Å². The summed E-state index contributed by atoms with van der Waals surface area (Å²) in [6, 6.07) is 3.92. The fourth-order valence-electron chi connectivity index (χ4n) is 2.36. The fourth-order valence-corrected chi connectivity index (χ4v) is 3.49.